The molecule has 0 atom stereocenters. The van der Waals surface area contributed by atoms with E-state index in [0.717, 1.165) is 11.8 Å². The molecule has 0 fully saturated rings. The van der Waals surface area contributed by atoms with Gasteiger partial charge in [-0.2, -0.15) is 0 Å². The van der Waals surface area contributed by atoms with Gasteiger partial charge >= 0.3 is 0 Å². The number of carbonyl (C=O) groups is 3. The van der Waals surface area contributed by atoms with Gasteiger partial charge in [0.25, 0.3) is 5.91 Å². The van der Waals surface area contributed by atoms with E-state index in [4.69, 9.17) is 0 Å². The molecule has 5 heteroatoms. The lowest BCUT2D eigenvalue weighted by atomic mass is 10.1. The topological polar surface area (TPSA) is 75.3 Å². The van der Waals surface area contributed by atoms with E-state index in [1.54, 1.807) is 42.5 Å². The Morgan fingerprint density at radius 1 is 1.00 bits per heavy atom. The van der Waals surface area contributed by atoms with E-state index in [9.17, 15) is 14.4 Å². The van der Waals surface area contributed by atoms with Crippen LogP contribution < -0.4 is 10.6 Å². The number of hydrogen-bond donors (Lipinski definition) is 2. The molecule has 0 saturated carbocycles. The largest absolute Gasteiger partial charge is 0.326 e. The van der Waals surface area contributed by atoms with Crippen molar-refractivity contribution in [3.05, 3.63) is 59.7 Å². The zero-order valence-electron chi connectivity index (χ0n) is 12.1. The Morgan fingerprint density at radius 2 is 1.68 bits per heavy atom. The van der Waals surface area contributed by atoms with Crippen molar-refractivity contribution in [1.82, 2.24) is 0 Å². The summed E-state index contributed by atoms with van der Waals surface area (Å²) in [5, 5.41) is 5.40. The average Bonchev–Trinajstić information content (AvgIpc) is 2.47. The molecule has 0 spiro atoms. The quantitative estimate of drug-likeness (QED) is 0.833. The van der Waals surface area contributed by atoms with Crippen molar-refractivity contribution in [2.24, 2.45) is 0 Å². The summed E-state index contributed by atoms with van der Waals surface area (Å²) in [6.07, 6.45) is 1.12. The van der Waals surface area contributed by atoms with E-state index in [2.05, 4.69) is 10.6 Å². The van der Waals surface area contributed by atoms with Gasteiger partial charge in [0, 0.05) is 30.3 Å². The minimum absolute atomic E-state index is 0.195. The molecular weight excluding hydrogens is 280 g/mol. The number of benzene rings is 2. The van der Waals surface area contributed by atoms with E-state index >= 15 is 0 Å². The fourth-order valence-corrected chi connectivity index (χ4v) is 2.02. The Morgan fingerprint density at radius 3 is 2.36 bits per heavy atom. The average molecular weight is 296 g/mol. The van der Waals surface area contributed by atoms with Crippen molar-refractivity contribution in [2.45, 2.75) is 13.3 Å². The molecule has 0 aliphatic rings. The van der Waals surface area contributed by atoms with E-state index < -0.39 is 0 Å². The highest BCUT2D eigenvalue weighted by Gasteiger charge is 2.07. The maximum Gasteiger partial charge on any atom is 0.255 e. The highest BCUT2D eigenvalue weighted by Crippen LogP contribution is 2.15. The summed E-state index contributed by atoms with van der Waals surface area (Å²) < 4.78 is 0. The Bertz CT molecular complexity index is 711. The first kappa shape index (κ1) is 15.4. The van der Waals surface area contributed by atoms with Crippen LogP contribution in [0.5, 0.6) is 0 Å². The van der Waals surface area contributed by atoms with E-state index in [1.807, 2.05) is 6.07 Å². The van der Waals surface area contributed by atoms with Gasteiger partial charge < -0.3 is 15.4 Å². The Hall–Kier alpha value is -2.95. The van der Waals surface area contributed by atoms with Gasteiger partial charge in [-0.25, -0.2) is 0 Å². The van der Waals surface area contributed by atoms with Crippen LogP contribution in [-0.2, 0) is 16.0 Å². The molecule has 0 saturated heterocycles. The Kier molecular flexibility index (Phi) is 5.03. The fraction of sp³-hybridized carbons (Fsp3) is 0.118. The fourth-order valence-electron chi connectivity index (χ4n) is 2.02. The summed E-state index contributed by atoms with van der Waals surface area (Å²) in [6.45, 7) is 1.41. The lowest BCUT2D eigenvalue weighted by molar-refractivity contribution is -0.114. The number of hydrogen-bond acceptors (Lipinski definition) is 3. The second-order valence-corrected chi connectivity index (χ2v) is 4.79. The molecule has 0 aliphatic carbocycles. The van der Waals surface area contributed by atoms with Crippen molar-refractivity contribution in [3.63, 3.8) is 0 Å². The molecule has 2 amide bonds. The number of rotatable bonds is 5. The number of carbonyl (C=O) groups excluding carboxylic acids is 3. The van der Waals surface area contributed by atoms with Crippen molar-refractivity contribution >= 4 is 29.5 Å². The smallest absolute Gasteiger partial charge is 0.255 e. The van der Waals surface area contributed by atoms with Crippen molar-refractivity contribution in [3.8, 4) is 0 Å². The molecular formula is C17H16N2O3. The van der Waals surface area contributed by atoms with Crippen LogP contribution in [0.2, 0.25) is 0 Å². The van der Waals surface area contributed by atoms with Crippen LogP contribution in [0.3, 0.4) is 0 Å². The van der Waals surface area contributed by atoms with Gasteiger partial charge in [0.1, 0.15) is 6.29 Å². The normalized spacial score (nSPS) is 9.86. The van der Waals surface area contributed by atoms with Crippen LogP contribution >= 0.6 is 0 Å². The molecule has 2 aromatic rings. The molecule has 2 aromatic carbocycles. The number of aldehydes is 1. The van der Waals surface area contributed by atoms with E-state index in [0.29, 0.717) is 23.4 Å². The van der Waals surface area contributed by atoms with Crippen LogP contribution in [0.4, 0.5) is 11.4 Å². The van der Waals surface area contributed by atoms with Gasteiger partial charge in [-0.3, -0.25) is 9.59 Å². The van der Waals surface area contributed by atoms with Crippen LogP contribution in [0.15, 0.2) is 48.5 Å². The molecule has 0 bridgehead atoms. The molecule has 0 radical (unpaired) electrons. The maximum atomic E-state index is 12.2. The lowest BCUT2D eigenvalue weighted by Gasteiger charge is -2.08. The summed E-state index contributed by atoms with van der Waals surface area (Å²) >= 11 is 0. The number of anilines is 2. The minimum Gasteiger partial charge on any atom is -0.326 e. The Balaban J connectivity index is 2.13. The molecule has 22 heavy (non-hydrogen) atoms. The summed E-state index contributed by atoms with van der Waals surface area (Å²) in [5.74, 6) is -0.477. The molecule has 5 nitrogen and oxygen atoms in total. The molecule has 2 rings (SSSR count). The Labute approximate surface area is 128 Å². The zero-order chi connectivity index (χ0) is 15.9. The van der Waals surface area contributed by atoms with Gasteiger partial charge in [-0.1, -0.05) is 18.2 Å². The van der Waals surface area contributed by atoms with E-state index in [1.165, 1.54) is 6.92 Å². The monoisotopic (exact) mass is 296 g/mol. The van der Waals surface area contributed by atoms with Gasteiger partial charge in [0.05, 0.1) is 0 Å². The third-order valence-electron chi connectivity index (χ3n) is 2.95. The minimum atomic E-state index is -0.282. The molecule has 0 heterocycles. The highest BCUT2D eigenvalue weighted by atomic mass is 16.2. The standard InChI is InChI=1S/C17H16N2O3/c1-12(21)18-16-7-3-5-14(11-16)17(22)19-15-6-2-4-13(10-15)8-9-20/h2-7,9-11H,8H2,1H3,(H,18,21)(H,19,22). The number of nitrogens with one attached hydrogen (secondary N) is 2. The maximum absolute atomic E-state index is 12.2. The SMILES string of the molecule is CC(=O)Nc1cccc(C(=O)Nc2cccc(CC=O)c2)c1. The van der Waals surface area contributed by atoms with Crippen LogP contribution in [-0.4, -0.2) is 18.1 Å². The molecule has 0 aliphatic heterocycles. The third-order valence-corrected chi connectivity index (χ3v) is 2.95. The van der Waals surface area contributed by atoms with Gasteiger partial charge in [-0.15, -0.1) is 0 Å². The first-order valence-electron chi connectivity index (χ1n) is 6.80. The molecule has 0 unspecified atom stereocenters. The van der Waals surface area contributed by atoms with Crippen LogP contribution in [0.1, 0.15) is 22.8 Å². The second-order valence-electron chi connectivity index (χ2n) is 4.79. The summed E-state index contributed by atoms with van der Waals surface area (Å²) in [5.41, 5.74) is 2.45. The lowest BCUT2D eigenvalue weighted by Crippen LogP contribution is -2.13. The number of amides is 2. The summed E-state index contributed by atoms with van der Waals surface area (Å²) in [6, 6.07) is 13.8. The predicted molar refractivity (Wildman–Crippen MR) is 84.9 cm³/mol. The van der Waals surface area contributed by atoms with Gasteiger partial charge in [0.2, 0.25) is 5.91 Å². The first-order valence-corrected chi connectivity index (χ1v) is 6.80. The van der Waals surface area contributed by atoms with Crippen LogP contribution in [0, 0.1) is 0 Å². The third kappa shape index (κ3) is 4.28. The summed E-state index contributed by atoms with van der Waals surface area (Å²) in [4.78, 5) is 33.8. The van der Waals surface area contributed by atoms with Crippen molar-refractivity contribution in [1.29, 1.82) is 0 Å². The summed E-state index contributed by atoms with van der Waals surface area (Å²) in [7, 11) is 0. The van der Waals surface area contributed by atoms with Crippen molar-refractivity contribution in [2.75, 3.05) is 10.6 Å². The zero-order valence-corrected chi connectivity index (χ0v) is 12.1. The molecule has 2 N–H and O–H groups in total. The van der Waals surface area contributed by atoms with Gasteiger partial charge in [0.15, 0.2) is 0 Å². The van der Waals surface area contributed by atoms with E-state index in [-0.39, 0.29) is 11.8 Å². The highest BCUT2D eigenvalue weighted by molar-refractivity contribution is 6.05. The molecule has 0 aromatic heterocycles. The van der Waals surface area contributed by atoms with Crippen LogP contribution in [0.25, 0.3) is 0 Å². The first-order chi connectivity index (χ1) is 10.6. The van der Waals surface area contributed by atoms with Crippen molar-refractivity contribution < 1.29 is 14.4 Å². The molecule has 112 valence electrons. The second kappa shape index (κ2) is 7.17. The predicted octanol–water partition coefficient (Wildman–Crippen LogP) is 2.64. The van der Waals surface area contributed by atoms with Gasteiger partial charge in [-0.05, 0) is 35.9 Å².